The molecule has 6 heteroatoms. The van der Waals surface area contributed by atoms with Crippen molar-refractivity contribution >= 4 is 15.9 Å². The summed E-state index contributed by atoms with van der Waals surface area (Å²) in [6.45, 7) is 0. The second-order valence-corrected chi connectivity index (χ2v) is 5.67. The predicted octanol–water partition coefficient (Wildman–Crippen LogP) is -0.555. The minimum atomic E-state index is -2.90. The van der Waals surface area contributed by atoms with Gasteiger partial charge in [-0.3, -0.25) is 0 Å². The number of nitrogens with one attached hydrogen (secondary N) is 1. The average Bonchev–Trinajstić information content (AvgIpc) is 2.30. The average molecular weight is 206 g/mol. The fourth-order valence-corrected chi connectivity index (χ4v) is 2.89. The molecule has 0 bridgehead atoms. The first-order valence-electron chi connectivity index (χ1n) is 4.09. The predicted molar refractivity (Wildman–Crippen MR) is 49.3 cm³/mol. The Bertz CT molecular complexity index is 297. The summed E-state index contributed by atoms with van der Waals surface area (Å²) in [6.07, 6.45) is 0.530. The van der Waals surface area contributed by atoms with Crippen molar-refractivity contribution in [3.05, 3.63) is 0 Å². The van der Waals surface area contributed by atoms with Crippen LogP contribution in [0.15, 0.2) is 0 Å². The first-order chi connectivity index (χ1) is 5.91. The summed E-state index contributed by atoms with van der Waals surface area (Å²) in [7, 11) is 0.348. The molecule has 13 heavy (non-hydrogen) atoms. The molecule has 0 saturated carbocycles. The molecule has 0 spiro atoms. The van der Waals surface area contributed by atoms with Gasteiger partial charge in [0.15, 0.2) is 9.84 Å². The number of carbonyl (C=O) groups excluding carboxylic acids is 1. The zero-order valence-corrected chi connectivity index (χ0v) is 8.60. The number of sulfone groups is 1. The lowest BCUT2D eigenvalue weighted by molar-refractivity contribution is 0.214. The van der Waals surface area contributed by atoms with E-state index in [4.69, 9.17) is 0 Å². The molecule has 1 atom stereocenters. The Morgan fingerprint density at radius 2 is 2.08 bits per heavy atom. The largest absolute Gasteiger partial charge is 0.334 e. The third-order valence-electron chi connectivity index (χ3n) is 1.97. The van der Waals surface area contributed by atoms with E-state index in [1.807, 2.05) is 0 Å². The Kier molecular flexibility index (Phi) is 2.80. The van der Waals surface area contributed by atoms with Crippen LogP contribution >= 0.6 is 0 Å². The molecule has 2 amide bonds. The molecular weight excluding hydrogens is 192 g/mol. The highest BCUT2D eigenvalue weighted by Gasteiger charge is 2.29. The van der Waals surface area contributed by atoms with E-state index in [1.165, 1.54) is 4.90 Å². The van der Waals surface area contributed by atoms with Crippen molar-refractivity contribution in [2.45, 2.75) is 12.5 Å². The molecule has 0 aromatic carbocycles. The van der Waals surface area contributed by atoms with E-state index < -0.39 is 9.84 Å². The van der Waals surface area contributed by atoms with Gasteiger partial charge in [0.1, 0.15) is 0 Å². The van der Waals surface area contributed by atoms with Crippen molar-refractivity contribution in [3.63, 3.8) is 0 Å². The zero-order valence-electron chi connectivity index (χ0n) is 7.78. The van der Waals surface area contributed by atoms with Crippen molar-refractivity contribution < 1.29 is 13.2 Å². The highest BCUT2D eigenvalue weighted by molar-refractivity contribution is 7.91. The van der Waals surface area contributed by atoms with Crippen LogP contribution in [0.2, 0.25) is 0 Å². The number of hydrogen-bond acceptors (Lipinski definition) is 3. The molecule has 1 N–H and O–H groups in total. The van der Waals surface area contributed by atoms with E-state index in [2.05, 4.69) is 5.32 Å². The van der Waals surface area contributed by atoms with Gasteiger partial charge in [0.2, 0.25) is 0 Å². The van der Waals surface area contributed by atoms with E-state index in [1.54, 1.807) is 14.1 Å². The number of rotatable bonds is 1. The van der Waals surface area contributed by atoms with E-state index in [-0.39, 0.29) is 23.6 Å². The fourth-order valence-electron chi connectivity index (χ4n) is 1.21. The number of nitrogens with zero attached hydrogens (tertiary/aromatic N) is 1. The van der Waals surface area contributed by atoms with Gasteiger partial charge in [-0.15, -0.1) is 0 Å². The summed E-state index contributed by atoms with van der Waals surface area (Å²) >= 11 is 0. The summed E-state index contributed by atoms with van der Waals surface area (Å²) < 4.78 is 22.1. The molecule has 0 unspecified atom stereocenters. The van der Waals surface area contributed by atoms with Gasteiger partial charge in [-0.1, -0.05) is 0 Å². The minimum Gasteiger partial charge on any atom is -0.334 e. The van der Waals surface area contributed by atoms with Crippen LogP contribution in [0, 0.1) is 0 Å². The Balaban J connectivity index is 2.46. The molecule has 1 aliphatic heterocycles. The van der Waals surface area contributed by atoms with Crippen LogP contribution in [-0.4, -0.2) is 51.0 Å². The first-order valence-corrected chi connectivity index (χ1v) is 5.91. The molecule has 1 aliphatic rings. The van der Waals surface area contributed by atoms with Gasteiger partial charge in [-0.2, -0.15) is 0 Å². The van der Waals surface area contributed by atoms with Crippen molar-refractivity contribution in [1.82, 2.24) is 10.2 Å². The normalized spacial score (nSPS) is 25.5. The van der Waals surface area contributed by atoms with Crippen molar-refractivity contribution in [2.24, 2.45) is 0 Å². The van der Waals surface area contributed by atoms with Gasteiger partial charge in [-0.05, 0) is 6.42 Å². The minimum absolute atomic E-state index is 0.0760. The van der Waals surface area contributed by atoms with E-state index >= 15 is 0 Å². The van der Waals surface area contributed by atoms with Gasteiger partial charge in [0.25, 0.3) is 0 Å². The Hall–Kier alpha value is -0.780. The Labute approximate surface area is 78.0 Å². The molecule has 1 rings (SSSR count). The molecule has 0 radical (unpaired) electrons. The van der Waals surface area contributed by atoms with E-state index in [0.29, 0.717) is 6.42 Å². The molecule has 1 saturated heterocycles. The lowest BCUT2D eigenvalue weighted by atomic mass is 10.3. The summed E-state index contributed by atoms with van der Waals surface area (Å²) in [5.74, 6) is 0.262. The number of hydrogen-bond donors (Lipinski definition) is 1. The van der Waals surface area contributed by atoms with Crippen molar-refractivity contribution in [2.75, 3.05) is 25.6 Å². The van der Waals surface area contributed by atoms with Gasteiger partial charge in [0, 0.05) is 20.1 Å². The summed E-state index contributed by atoms with van der Waals surface area (Å²) in [5, 5.41) is 2.64. The molecule has 1 fully saturated rings. The monoisotopic (exact) mass is 206 g/mol. The second kappa shape index (κ2) is 3.53. The zero-order chi connectivity index (χ0) is 10.1. The first kappa shape index (κ1) is 10.3. The van der Waals surface area contributed by atoms with Gasteiger partial charge in [-0.25, -0.2) is 13.2 Å². The molecule has 5 nitrogen and oxygen atoms in total. The van der Waals surface area contributed by atoms with Crippen LogP contribution in [0.1, 0.15) is 6.42 Å². The number of urea groups is 1. The van der Waals surface area contributed by atoms with Crippen molar-refractivity contribution in [3.8, 4) is 0 Å². The molecule has 76 valence electrons. The topological polar surface area (TPSA) is 66.5 Å². The third kappa shape index (κ3) is 2.87. The van der Waals surface area contributed by atoms with Gasteiger partial charge in [0.05, 0.1) is 11.5 Å². The summed E-state index contributed by atoms with van der Waals surface area (Å²) in [4.78, 5) is 12.5. The van der Waals surface area contributed by atoms with Crippen LogP contribution in [-0.2, 0) is 9.84 Å². The Morgan fingerprint density at radius 3 is 2.46 bits per heavy atom. The maximum atomic E-state index is 11.1. The van der Waals surface area contributed by atoms with Crippen LogP contribution in [0.4, 0.5) is 4.79 Å². The maximum absolute atomic E-state index is 11.1. The standard InChI is InChI=1S/C7H14N2O3S/c1-9(2)7(10)8-6-3-4-13(11,12)5-6/h6H,3-5H2,1-2H3,(H,8,10)/t6-/m0/s1. The van der Waals surface area contributed by atoms with Crippen LogP contribution in [0.5, 0.6) is 0 Å². The summed E-state index contributed by atoms with van der Waals surface area (Å²) in [6, 6.07) is -0.443. The molecule has 0 aliphatic carbocycles. The van der Waals surface area contributed by atoms with Crippen LogP contribution in [0.25, 0.3) is 0 Å². The molecule has 0 aromatic rings. The lowest BCUT2D eigenvalue weighted by Crippen LogP contribution is -2.41. The molecule has 0 aromatic heterocycles. The van der Waals surface area contributed by atoms with E-state index in [9.17, 15) is 13.2 Å². The fraction of sp³-hybridized carbons (Fsp3) is 0.857. The maximum Gasteiger partial charge on any atom is 0.317 e. The van der Waals surface area contributed by atoms with Gasteiger partial charge >= 0.3 is 6.03 Å². The highest BCUT2D eigenvalue weighted by atomic mass is 32.2. The molecular formula is C7H14N2O3S. The van der Waals surface area contributed by atoms with Crippen LogP contribution in [0.3, 0.4) is 0 Å². The van der Waals surface area contributed by atoms with Gasteiger partial charge < -0.3 is 10.2 Å². The second-order valence-electron chi connectivity index (χ2n) is 3.44. The lowest BCUT2D eigenvalue weighted by Gasteiger charge is -2.15. The molecule has 1 heterocycles. The van der Waals surface area contributed by atoms with Crippen LogP contribution < -0.4 is 5.32 Å². The number of amides is 2. The van der Waals surface area contributed by atoms with E-state index in [0.717, 1.165) is 0 Å². The summed E-state index contributed by atoms with van der Waals surface area (Å²) in [5.41, 5.74) is 0. The SMILES string of the molecule is CN(C)C(=O)N[C@H]1CCS(=O)(=O)C1. The smallest absolute Gasteiger partial charge is 0.317 e. The number of carbonyl (C=O) groups is 1. The quantitative estimate of drug-likeness (QED) is 0.625. The Morgan fingerprint density at radius 1 is 1.46 bits per heavy atom. The highest BCUT2D eigenvalue weighted by Crippen LogP contribution is 2.11. The van der Waals surface area contributed by atoms with Crippen molar-refractivity contribution in [1.29, 1.82) is 0 Å². The third-order valence-corrected chi connectivity index (χ3v) is 3.73.